The zero-order valence-electron chi connectivity index (χ0n) is 11.0. The molecule has 0 aromatic heterocycles. The van der Waals surface area contributed by atoms with E-state index in [0.717, 1.165) is 25.3 Å². The number of nitrogens with one attached hydrogen (secondary N) is 1. The van der Waals surface area contributed by atoms with Crippen LogP contribution in [0.2, 0.25) is 0 Å². The van der Waals surface area contributed by atoms with Gasteiger partial charge in [-0.3, -0.25) is 4.79 Å². The summed E-state index contributed by atoms with van der Waals surface area (Å²) in [5, 5.41) is 0. The Kier molecular flexibility index (Phi) is 5.18. The molecule has 0 heterocycles. The summed E-state index contributed by atoms with van der Waals surface area (Å²) >= 11 is 0. The molecule has 1 aromatic carbocycles. The highest BCUT2D eigenvalue weighted by Gasteiger charge is 2.31. The molecule has 21 heavy (non-hydrogen) atoms. The van der Waals surface area contributed by atoms with Crippen LogP contribution in [0.5, 0.6) is 5.75 Å². The molecule has 1 rings (SSSR count). The van der Waals surface area contributed by atoms with Crippen LogP contribution in [0.25, 0.3) is 0 Å². The van der Waals surface area contributed by atoms with Gasteiger partial charge >= 0.3 is 12.3 Å². The molecular formula is C11H12F3NO5S. The van der Waals surface area contributed by atoms with Crippen LogP contribution in [0.15, 0.2) is 29.2 Å². The van der Waals surface area contributed by atoms with E-state index in [2.05, 4.69) is 9.47 Å². The number of halogens is 3. The molecule has 0 radical (unpaired) electrons. The molecule has 118 valence electrons. The highest BCUT2D eigenvalue weighted by atomic mass is 32.2. The molecule has 0 saturated carbocycles. The van der Waals surface area contributed by atoms with Crippen LogP contribution in [-0.4, -0.2) is 33.9 Å². The van der Waals surface area contributed by atoms with Crippen LogP contribution in [0.4, 0.5) is 13.2 Å². The van der Waals surface area contributed by atoms with Crippen molar-refractivity contribution in [1.29, 1.82) is 0 Å². The first kappa shape index (κ1) is 17.2. The van der Waals surface area contributed by atoms with E-state index >= 15 is 0 Å². The van der Waals surface area contributed by atoms with E-state index in [9.17, 15) is 26.4 Å². The largest absolute Gasteiger partial charge is 0.573 e. The Morgan fingerprint density at radius 3 is 2.48 bits per heavy atom. The molecule has 6 nitrogen and oxygen atoms in total. The summed E-state index contributed by atoms with van der Waals surface area (Å²) in [5.41, 5.74) is 0. The van der Waals surface area contributed by atoms with Gasteiger partial charge in [0, 0.05) is 6.07 Å². The average molecular weight is 327 g/mol. The molecule has 1 N–H and O–H groups in total. The number of sulfonamides is 1. The molecule has 0 aliphatic heterocycles. The van der Waals surface area contributed by atoms with E-state index in [-0.39, 0.29) is 0 Å². The van der Waals surface area contributed by atoms with Crippen molar-refractivity contribution in [2.75, 3.05) is 7.11 Å². The summed E-state index contributed by atoms with van der Waals surface area (Å²) < 4.78 is 70.0. The van der Waals surface area contributed by atoms with Crippen molar-refractivity contribution in [3.05, 3.63) is 24.3 Å². The number of esters is 1. The Morgan fingerprint density at radius 2 is 1.95 bits per heavy atom. The Hall–Kier alpha value is -1.81. The summed E-state index contributed by atoms with van der Waals surface area (Å²) in [6, 6.07) is 2.61. The zero-order chi connectivity index (χ0) is 16.3. The maximum absolute atomic E-state index is 12.1. The van der Waals surface area contributed by atoms with Crippen molar-refractivity contribution in [3.8, 4) is 5.75 Å². The molecule has 1 unspecified atom stereocenters. The van der Waals surface area contributed by atoms with Gasteiger partial charge in [0.25, 0.3) is 0 Å². The minimum absolute atomic E-state index is 0.472. The fraction of sp³-hybridized carbons (Fsp3) is 0.364. The number of hydrogen-bond donors (Lipinski definition) is 1. The van der Waals surface area contributed by atoms with Crippen molar-refractivity contribution in [2.24, 2.45) is 0 Å². The average Bonchev–Trinajstić information content (AvgIpc) is 2.35. The molecule has 0 spiro atoms. The lowest BCUT2D eigenvalue weighted by Gasteiger charge is -2.13. The Bertz CT molecular complexity index is 615. The van der Waals surface area contributed by atoms with E-state index in [1.54, 1.807) is 0 Å². The molecule has 0 aliphatic carbocycles. The first-order valence-electron chi connectivity index (χ1n) is 5.51. The van der Waals surface area contributed by atoms with E-state index in [4.69, 9.17) is 0 Å². The smallest absolute Gasteiger partial charge is 0.468 e. The standard InChI is InChI=1S/C11H12F3NO5S/c1-7(10(16)19-2)15-21(17,18)9-5-3-4-8(6-9)20-11(12,13)14/h3-7,15H,1-2H3. The number of rotatable bonds is 5. The first-order chi connectivity index (χ1) is 9.55. The number of alkyl halides is 3. The Labute approximate surface area is 118 Å². The fourth-order valence-electron chi connectivity index (χ4n) is 1.36. The lowest BCUT2D eigenvalue weighted by molar-refractivity contribution is -0.274. The lowest BCUT2D eigenvalue weighted by Crippen LogP contribution is -2.39. The van der Waals surface area contributed by atoms with Gasteiger partial charge in [0.1, 0.15) is 11.8 Å². The monoisotopic (exact) mass is 327 g/mol. The zero-order valence-corrected chi connectivity index (χ0v) is 11.8. The van der Waals surface area contributed by atoms with Crippen LogP contribution in [0.3, 0.4) is 0 Å². The third kappa shape index (κ3) is 5.23. The summed E-state index contributed by atoms with van der Waals surface area (Å²) in [7, 11) is -3.12. The van der Waals surface area contributed by atoms with Crippen molar-refractivity contribution >= 4 is 16.0 Å². The van der Waals surface area contributed by atoms with Crippen LogP contribution >= 0.6 is 0 Å². The quantitative estimate of drug-likeness (QED) is 0.827. The second kappa shape index (κ2) is 6.31. The van der Waals surface area contributed by atoms with Gasteiger partial charge in [-0.2, -0.15) is 4.72 Å². The predicted octanol–water partition coefficient (Wildman–Crippen LogP) is 1.42. The summed E-state index contributed by atoms with van der Waals surface area (Å²) in [6.45, 7) is 1.24. The van der Waals surface area contributed by atoms with Crippen LogP contribution in [-0.2, 0) is 19.6 Å². The molecule has 0 bridgehead atoms. The highest BCUT2D eigenvalue weighted by molar-refractivity contribution is 7.89. The highest BCUT2D eigenvalue weighted by Crippen LogP contribution is 2.24. The Balaban J connectivity index is 2.99. The van der Waals surface area contributed by atoms with Crippen LogP contribution in [0, 0.1) is 0 Å². The van der Waals surface area contributed by atoms with Gasteiger partial charge in [-0.15, -0.1) is 13.2 Å². The van der Waals surface area contributed by atoms with Gasteiger partial charge in [0.05, 0.1) is 12.0 Å². The van der Waals surface area contributed by atoms with Gasteiger partial charge in [-0.1, -0.05) is 6.07 Å². The van der Waals surface area contributed by atoms with Crippen molar-refractivity contribution < 1.29 is 35.9 Å². The minimum atomic E-state index is -4.94. The molecule has 0 amide bonds. The molecule has 0 aliphatic rings. The molecule has 1 aromatic rings. The van der Waals surface area contributed by atoms with E-state index < -0.39 is 39.0 Å². The Morgan fingerprint density at radius 1 is 1.33 bits per heavy atom. The van der Waals surface area contributed by atoms with Crippen molar-refractivity contribution in [3.63, 3.8) is 0 Å². The molecule has 10 heteroatoms. The number of methoxy groups -OCH3 is 1. The summed E-state index contributed by atoms with van der Waals surface area (Å²) in [4.78, 5) is 10.7. The number of carbonyl (C=O) groups excluding carboxylic acids is 1. The van der Waals surface area contributed by atoms with Gasteiger partial charge in [-0.25, -0.2) is 8.42 Å². The lowest BCUT2D eigenvalue weighted by atomic mass is 10.3. The van der Waals surface area contributed by atoms with E-state index in [1.165, 1.54) is 6.92 Å². The van der Waals surface area contributed by atoms with Gasteiger partial charge in [0.2, 0.25) is 10.0 Å². The molecular weight excluding hydrogens is 315 g/mol. The van der Waals surface area contributed by atoms with E-state index in [1.807, 2.05) is 4.72 Å². The number of ether oxygens (including phenoxy) is 2. The minimum Gasteiger partial charge on any atom is -0.468 e. The van der Waals surface area contributed by atoms with Gasteiger partial charge < -0.3 is 9.47 Å². The maximum Gasteiger partial charge on any atom is 0.573 e. The molecule has 1 atom stereocenters. The predicted molar refractivity (Wildman–Crippen MR) is 64.9 cm³/mol. The second-order valence-electron chi connectivity index (χ2n) is 3.89. The summed E-state index contributed by atoms with van der Waals surface area (Å²) in [6.07, 6.45) is -4.94. The van der Waals surface area contributed by atoms with Crippen LogP contribution in [0.1, 0.15) is 6.92 Å². The third-order valence-corrected chi connectivity index (χ3v) is 3.77. The van der Waals surface area contributed by atoms with Crippen molar-refractivity contribution in [2.45, 2.75) is 24.2 Å². The number of benzene rings is 1. The van der Waals surface area contributed by atoms with E-state index in [0.29, 0.717) is 6.07 Å². The molecule has 0 saturated heterocycles. The van der Waals surface area contributed by atoms with Crippen molar-refractivity contribution in [1.82, 2.24) is 4.72 Å². The van der Waals surface area contributed by atoms with Gasteiger partial charge in [-0.05, 0) is 19.1 Å². The summed E-state index contributed by atoms with van der Waals surface area (Å²) in [5.74, 6) is -1.52. The van der Waals surface area contributed by atoms with Gasteiger partial charge in [0.15, 0.2) is 0 Å². The SMILES string of the molecule is COC(=O)C(C)NS(=O)(=O)c1cccc(OC(F)(F)F)c1. The normalized spacial score (nSPS) is 13.6. The third-order valence-electron chi connectivity index (χ3n) is 2.24. The maximum atomic E-state index is 12.1. The fourth-order valence-corrected chi connectivity index (χ4v) is 2.59. The number of carbonyl (C=O) groups is 1. The number of hydrogen-bond acceptors (Lipinski definition) is 5. The second-order valence-corrected chi connectivity index (χ2v) is 5.60. The first-order valence-corrected chi connectivity index (χ1v) is 6.99. The molecule has 0 fully saturated rings. The topological polar surface area (TPSA) is 81.7 Å². The van der Waals surface area contributed by atoms with Crippen LogP contribution < -0.4 is 9.46 Å².